The Morgan fingerprint density at radius 2 is 1.97 bits per heavy atom. The van der Waals surface area contributed by atoms with Crippen LogP contribution in [0.4, 0.5) is 0 Å². The minimum Gasteiger partial charge on any atom is -0.497 e. The minimum absolute atomic E-state index is 0.0209. The third-order valence-corrected chi connectivity index (χ3v) is 5.78. The summed E-state index contributed by atoms with van der Waals surface area (Å²) in [7, 11) is 3.09. The lowest BCUT2D eigenvalue weighted by molar-refractivity contribution is -0.117. The molecule has 7 nitrogen and oxygen atoms in total. The molecule has 1 atom stereocenters. The molecule has 0 aliphatic carbocycles. The Morgan fingerprint density at radius 3 is 2.64 bits per heavy atom. The number of halogens is 1. The highest BCUT2D eigenvalue weighted by Gasteiger charge is 2.27. The molecule has 0 bridgehead atoms. The van der Waals surface area contributed by atoms with Crippen LogP contribution >= 0.6 is 11.6 Å². The van der Waals surface area contributed by atoms with E-state index < -0.39 is 5.91 Å². The van der Waals surface area contributed by atoms with Crippen molar-refractivity contribution >= 4 is 29.5 Å². The van der Waals surface area contributed by atoms with Gasteiger partial charge < -0.3 is 19.7 Å². The number of amides is 2. The Hall–Kier alpha value is -3.50. The second kappa shape index (κ2) is 11.4. The van der Waals surface area contributed by atoms with Gasteiger partial charge >= 0.3 is 0 Å². The SMILES string of the molecule is COc1ccc(/C=C(\C#N)C(=O)NC[C@H]2CCCN(C(=O)c3cc(Cl)ccc3OC)C2)cc1. The van der Waals surface area contributed by atoms with Gasteiger partial charge in [-0.3, -0.25) is 9.59 Å². The molecule has 8 heteroatoms. The van der Waals surface area contributed by atoms with Crippen molar-refractivity contribution in [2.45, 2.75) is 12.8 Å². The van der Waals surface area contributed by atoms with Crippen LogP contribution in [0.3, 0.4) is 0 Å². The molecule has 172 valence electrons. The van der Waals surface area contributed by atoms with Gasteiger partial charge in [-0.15, -0.1) is 0 Å². The lowest BCUT2D eigenvalue weighted by Crippen LogP contribution is -2.44. The van der Waals surface area contributed by atoms with Gasteiger partial charge in [0.15, 0.2) is 0 Å². The van der Waals surface area contributed by atoms with Crippen LogP contribution in [0.1, 0.15) is 28.8 Å². The molecule has 1 aliphatic rings. The first-order valence-corrected chi connectivity index (χ1v) is 11.0. The maximum atomic E-state index is 13.1. The molecule has 2 amide bonds. The molecule has 3 rings (SSSR count). The van der Waals surface area contributed by atoms with E-state index in [-0.39, 0.29) is 17.4 Å². The van der Waals surface area contributed by atoms with Gasteiger partial charge in [0.05, 0.1) is 19.8 Å². The summed E-state index contributed by atoms with van der Waals surface area (Å²) in [5, 5.41) is 12.7. The van der Waals surface area contributed by atoms with E-state index in [0.29, 0.717) is 41.7 Å². The standard InChI is InChI=1S/C25H26ClN3O4/c1-32-21-8-5-17(6-9-21)12-19(14-27)24(30)28-15-18-4-3-11-29(16-18)25(31)22-13-20(26)7-10-23(22)33-2/h5-10,12-13,18H,3-4,11,15-16H2,1-2H3,(H,28,30)/b19-12+/t18-/m1/s1. The maximum Gasteiger partial charge on any atom is 0.261 e. The molecule has 0 unspecified atom stereocenters. The van der Waals surface area contributed by atoms with E-state index in [9.17, 15) is 14.9 Å². The molecule has 2 aromatic carbocycles. The average Bonchev–Trinajstić information content (AvgIpc) is 2.85. The first-order chi connectivity index (χ1) is 15.9. The summed E-state index contributed by atoms with van der Waals surface area (Å²) in [6.45, 7) is 1.50. The number of piperidine rings is 1. The molecule has 0 aromatic heterocycles. The van der Waals surface area contributed by atoms with E-state index in [2.05, 4.69) is 5.32 Å². The van der Waals surface area contributed by atoms with Crippen molar-refractivity contribution in [2.24, 2.45) is 5.92 Å². The average molecular weight is 468 g/mol. The molecule has 33 heavy (non-hydrogen) atoms. The summed E-state index contributed by atoms with van der Waals surface area (Å²) in [4.78, 5) is 27.4. The zero-order chi connectivity index (χ0) is 23.8. The number of likely N-dealkylation sites (tertiary alicyclic amines) is 1. The Labute approximate surface area is 198 Å². The zero-order valence-electron chi connectivity index (χ0n) is 18.6. The quantitative estimate of drug-likeness (QED) is 0.492. The van der Waals surface area contributed by atoms with Crippen molar-refractivity contribution in [3.05, 3.63) is 64.2 Å². The number of methoxy groups -OCH3 is 2. The highest BCUT2D eigenvalue weighted by molar-refractivity contribution is 6.31. The van der Waals surface area contributed by atoms with Crippen LogP contribution in [0.5, 0.6) is 11.5 Å². The van der Waals surface area contributed by atoms with Gasteiger partial charge in [0.25, 0.3) is 11.8 Å². The fraction of sp³-hybridized carbons (Fsp3) is 0.320. The number of carbonyl (C=O) groups excluding carboxylic acids is 2. The molecule has 0 radical (unpaired) electrons. The second-order valence-corrected chi connectivity index (χ2v) is 8.19. The number of carbonyl (C=O) groups is 2. The topological polar surface area (TPSA) is 91.7 Å². The van der Waals surface area contributed by atoms with Gasteiger partial charge in [0.2, 0.25) is 0 Å². The van der Waals surface area contributed by atoms with Crippen molar-refractivity contribution in [3.63, 3.8) is 0 Å². The Bertz CT molecular complexity index is 1080. The lowest BCUT2D eigenvalue weighted by Gasteiger charge is -2.33. The van der Waals surface area contributed by atoms with Gasteiger partial charge in [-0.25, -0.2) is 0 Å². The molecule has 1 N–H and O–H groups in total. The van der Waals surface area contributed by atoms with Crippen LogP contribution in [0, 0.1) is 17.2 Å². The van der Waals surface area contributed by atoms with Crippen LogP contribution in [0.25, 0.3) is 6.08 Å². The molecule has 1 aliphatic heterocycles. The van der Waals surface area contributed by atoms with Crippen LogP contribution < -0.4 is 14.8 Å². The van der Waals surface area contributed by atoms with Gasteiger partial charge in [-0.05, 0) is 60.7 Å². The Balaban J connectivity index is 1.61. The molecule has 2 aromatic rings. The number of nitrogens with zero attached hydrogens (tertiary/aromatic N) is 2. The fourth-order valence-electron chi connectivity index (χ4n) is 3.78. The summed E-state index contributed by atoms with van der Waals surface area (Å²) in [5.74, 6) is 0.664. The first-order valence-electron chi connectivity index (χ1n) is 10.6. The summed E-state index contributed by atoms with van der Waals surface area (Å²) in [5.41, 5.74) is 1.17. The van der Waals surface area contributed by atoms with E-state index in [0.717, 1.165) is 18.4 Å². The molecule has 1 fully saturated rings. The molecular weight excluding hydrogens is 442 g/mol. The summed E-state index contributed by atoms with van der Waals surface area (Å²) in [6.07, 6.45) is 3.24. The third-order valence-electron chi connectivity index (χ3n) is 5.54. The number of rotatable bonds is 7. The lowest BCUT2D eigenvalue weighted by atomic mass is 9.97. The number of nitriles is 1. The largest absolute Gasteiger partial charge is 0.497 e. The van der Waals surface area contributed by atoms with E-state index in [1.807, 2.05) is 6.07 Å². The zero-order valence-corrected chi connectivity index (χ0v) is 19.4. The van der Waals surface area contributed by atoms with E-state index >= 15 is 0 Å². The van der Waals surface area contributed by atoms with Gasteiger partial charge in [0.1, 0.15) is 23.1 Å². The van der Waals surface area contributed by atoms with Crippen molar-refractivity contribution in [1.82, 2.24) is 10.2 Å². The van der Waals surface area contributed by atoms with Gasteiger partial charge in [-0.2, -0.15) is 5.26 Å². The highest BCUT2D eigenvalue weighted by Crippen LogP contribution is 2.26. The van der Waals surface area contributed by atoms with E-state index in [1.54, 1.807) is 54.5 Å². The fourth-order valence-corrected chi connectivity index (χ4v) is 3.95. The normalized spacial score (nSPS) is 16.0. The van der Waals surface area contributed by atoms with Crippen molar-refractivity contribution in [2.75, 3.05) is 33.9 Å². The summed E-state index contributed by atoms with van der Waals surface area (Å²) >= 11 is 6.07. The van der Waals surface area contributed by atoms with Crippen molar-refractivity contribution in [1.29, 1.82) is 5.26 Å². The minimum atomic E-state index is -0.437. The van der Waals surface area contributed by atoms with Crippen LogP contribution in [-0.2, 0) is 4.79 Å². The predicted octanol–water partition coefficient (Wildman–Crippen LogP) is 3.93. The molecule has 0 spiro atoms. The summed E-state index contributed by atoms with van der Waals surface area (Å²) in [6, 6.07) is 14.0. The number of hydrogen-bond donors (Lipinski definition) is 1. The molecule has 0 saturated carbocycles. The second-order valence-electron chi connectivity index (χ2n) is 7.76. The van der Waals surface area contributed by atoms with E-state index in [4.69, 9.17) is 21.1 Å². The Kier molecular flexibility index (Phi) is 8.34. The highest BCUT2D eigenvalue weighted by atomic mass is 35.5. The number of benzene rings is 2. The van der Waals surface area contributed by atoms with Gasteiger partial charge in [0, 0.05) is 24.7 Å². The molecular formula is C25H26ClN3O4. The van der Waals surface area contributed by atoms with Crippen LogP contribution in [0.2, 0.25) is 5.02 Å². The predicted molar refractivity (Wildman–Crippen MR) is 126 cm³/mol. The molecule has 1 heterocycles. The number of ether oxygens (including phenoxy) is 2. The van der Waals surface area contributed by atoms with Crippen molar-refractivity contribution in [3.8, 4) is 17.6 Å². The van der Waals surface area contributed by atoms with Gasteiger partial charge in [-0.1, -0.05) is 23.7 Å². The van der Waals surface area contributed by atoms with Crippen LogP contribution in [0.15, 0.2) is 48.0 Å². The van der Waals surface area contributed by atoms with E-state index in [1.165, 1.54) is 13.2 Å². The van der Waals surface area contributed by atoms with Crippen LogP contribution in [-0.4, -0.2) is 50.6 Å². The Morgan fingerprint density at radius 1 is 1.21 bits per heavy atom. The number of nitrogens with one attached hydrogen (secondary N) is 1. The molecule has 1 saturated heterocycles. The smallest absolute Gasteiger partial charge is 0.261 e. The summed E-state index contributed by atoms with van der Waals surface area (Å²) < 4.78 is 10.4. The number of hydrogen-bond acceptors (Lipinski definition) is 5. The third kappa shape index (κ3) is 6.27. The first kappa shape index (κ1) is 24.1. The maximum absolute atomic E-state index is 13.1. The van der Waals surface area contributed by atoms with Crippen molar-refractivity contribution < 1.29 is 19.1 Å². The monoisotopic (exact) mass is 467 g/mol.